The van der Waals surface area contributed by atoms with Gasteiger partial charge in [0.2, 0.25) is 0 Å². The molecule has 0 spiro atoms. The number of allylic oxidation sites excluding steroid dienone is 2. The Morgan fingerprint density at radius 3 is 3.00 bits per heavy atom. The first-order valence-electron chi connectivity index (χ1n) is 6.96. The minimum absolute atomic E-state index is 0.329. The van der Waals surface area contributed by atoms with Crippen molar-refractivity contribution in [2.24, 2.45) is 5.92 Å². The van der Waals surface area contributed by atoms with Gasteiger partial charge in [-0.3, -0.25) is 4.98 Å². The van der Waals surface area contributed by atoms with Crippen molar-refractivity contribution in [3.63, 3.8) is 0 Å². The number of pyridine rings is 1. The molecule has 0 fully saturated rings. The number of nitrogens with zero attached hydrogens (tertiary/aromatic N) is 1. The standard InChI is InChI=1S/C17H15BrN2/c18-15-8-2-7-14-12-5-1-6-13(12)16(20-17(14)15)11-4-3-9-19-10-11/h1-5,7-10,12-13,16,20H,6H2. The maximum atomic E-state index is 4.28. The third-order valence-corrected chi connectivity index (χ3v) is 5.05. The molecule has 1 aromatic heterocycles. The predicted molar refractivity (Wildman–Crippen MR) is 84.7 cm³/mol. The summed E-state index contributed by atoms with van der Waals surface area (Å²) in [5, 5.41) is 3.73. The summed E-state index contributed by atoms with van der Waals surface area (Å²) in [5.41, 5.74) is 3.90. The van der Waals surface area contributed by atoms with Crippen molar-refractivity contribution in [2.45, 2.75) is 18.4 Å². The number of aromatic nitrogens is 1. The summed E-state index contributed by atoms with van der Waals surface area (Å²) in [6.07, 6.45) is 9.62. The molecule has 20 heavy (non-hydrogen) atoms. The normalized spacial score (nSPS) is 26.8. The lowest BCUT2D eigenvalue weighted by atomic mass is 9.77. The molecular weight excluding hydrogens is 312 g/mol. The minimum Gasteiger partial charge on any atom is -0.377 e. The Hall–Kier alpha value is -1.61. The first-order valence-corrected chi connectivity index (χ1v) is 7.75. The van der Waals surface area contributed by atoms with E-state index in [1.807, 2.05) is 18.5 Å². The first-order chi connectivity index (χ1) is 9.84. The molecule has 100 valence electrons. The van der Waals surface area contributed by atoms with E-state index >= 15 is 0 Å². The molecule has 3 heteroatoms. The van der Waals surface area contributed by atoms with E-state index < -0.39 is 0 Å². The Balaban J connectivity index is 1.83. The molecule has 1 aliphatic carbocycles. The van der Waals surface area contributed by atoms with E-state index in [9.17, 15) is 0 Å². The Kier molecular flexibility index (Phi) is 2.88. The zero-order valence-corrected chi connectivity index (χ0v) is 12.5. The SMILES string of the molecule is Brc1cccc2c1NC(c1cccnc1)C1CC=CC21. The van der Waals surface area contributed by atoms with Gasteiger partial charge in [0.15, 0.2) is 0 Å². The number of nitrogens with one attached hydrogen (secondary N) is 1. The maximum Gasteiger partial charge on any atom is 0.0569 e. The van der Waals surface area contributed by atoms with Crippen LogP contribution in [-0.4, -0.2) is 4.98 Å². The van der Waals surface area contributed by atoms with E-state index in [0.717, 1.165) is 10.9 Å². The summed E-state index contributed by atoms with van der Waals surface area (Å²) in [5.74, 6) is 1.09. The molecule has 0 amide bonds. The van der Waals surface area contributed by atoms with Crippen molar-refractivity contribution in [1.29, 1.82) is 0 Å². The van der Waals surface area contributed by atoms with E-state index in [1.54, 1.807) is 0 Å². The number of halogens is 1. The molecule has 3 unspecified atom stereocenters. The van der Waals surface area contributed by atoms with Crippen molar-refractivity contribution >= 4 is 21.6 Å². The Morgan fingerprint density at radius 1 is 1.20 bits per heavy atom. The lowest BCUT2D eigenvalue weighted by molar-refractivity contribution is 0.424. The van der Waals surface area contributed by atoms with Crippen LogP contribution in [0.5, 0.6) is 0 Å². The predicted octanol–water partition coefficient (Wildman–Crippen LogP) is 4.67. The molecule has 0 saturated heterocycles. The highest BCUT2D eigenvalue weighted by molar-refractivity contribution is 9.10. The molecule has 2 heterocycles. The zero-order valence-electron chi connectivity index (χ0n) is 11.0. The molecule has 2 aliphatic rings. The quantitative estimate of drug-likeness (QED) is 0.770. The van der Waals surface area contributed by atoms with Crippen LogP contribution < -0.4 is 5.32 Å². The number of rotatable bonds is 1. The van der Waals surface area contributed by atoms with Gasteiger partial charge in [-0.05, 0) is 51.5 Å². The molecular formula is C17H15BrN2. The lowest BCUT2D eigenvalue weighted by Gasteiger charge is -2.37. The molecule has 0 bridgehead atoms. The van der Waals surface area contributed by atoms with E-state index in [2.05, 4.69) is 62.6 Å². The van der Waals surface area contributed by atoms with Crippen molar-refractivity contribution in [3.05, 3.63) is 70.5 Å². The van der Waals surface area contributed by atoms with Crippen LogP contribution in [-0.2, 0) is 0 Å². The monoisotopic (exact) mass is 326 g/mol. The summed E-state index contributed by atoms with van der Waals surface area (Å²) in [7, 11) is 0. The van der Waals surface area contributed by atoms with Gasteiger partial charge in [-0.2, -0.15) is 0 Å². The fourth-order valence-electron chi connectivity index (χ4n) is 3.47. The highest BCUT2D eigenvalue weighted by atomic mass is 79.9. The van der Waals surface area contributed by atoms with Gasteiger partial charge in [0, 0.05) is 22.8 Å². The van der Waals surface area contributed by atoms with E-state index in [0.29, 0.717) is 17.9 Å². The average molecular weight is 327 g/mol. The minimum atomic E-state index is 0.329. The lowest BCUT2D eigenvalue weighted by Crippen LogP contribution is -2.29. The number of hydrogen-bond donors (Lipinski definition) is 1. The highest BCUT2D eigenvalue weighted by Gasteiger charge is 2.38. The fourth-order valence-corrected chi connectivity index (χ4v) is 3.97. The van der Waals surface area contributed by atoms with Crippen LogP contribution in [0.1, 0.15) is 29.5 Å². The zero-order chi connectivity index (χ0) is 13.5. The maximum absolute atomic E-state index is 4.28. The molecule has 2 nitrogen and oxygen atoms in total. The molecule has 3 atom stereocenters. The Morgan fingerprint density at radius 2 is 2.15 bits per heavy atom. The van der Waals surface area contributed by atoms with Crippen LogP contribution in [0.2, 0.25) is 0 Å². The molecule has 1 N–H and O–H groups in total. The summed E-state index contributed by atoms with van der Waals surface area (Å²) >= 11 is 3.68. The van der Waals surface area contributed by atoms with Crippen molar-refractivity contribution < 1.29 is 0 Å². The summed E-state index contributed by atoms with van der Waals surface area (Å²) in [6.45, 7) is 0. The van der Waals surface area contributed by atoms with Crippen molar-refractivity contribution in [3.8, 4) is 0 Å². The number of fused-ring (bicyclic) bond motifs is 3. The number of hydrogen-bond acceptors (Lipinski definition) is 2. The van der Waals surface area contributed by atoms with Crippen LogP contribution in [0.15, 0.2) is 59.4 Å². The van der Waals surface area contributed by atoms with Crippen molar-refractivity contribution in [2.75, 3.05) is 5.32 Å². The van der Waals surface area contributed by atoms with Crippen LogP contribution in [0.25, 0.3) is 0 Å². The molecule has 1 aliphatic heterocycles. The van der Waals surface area contributed by atoms with Gasteiger partial charge < -0.3 is 5.32 Å². The van der Waals surface area contributed by atoms with Crippen LogP contribution in [0.4, 0.5) is 5.69 Å². The molecule has 0 radical (unpaired) electrons. The summed E-state index contributed by atoms with van der Waals surface area (Å²) < 4.78 is 1.14. The van der Waals surface area contributed by atoms with Crippen molar-refractivity contribution in [1.82, 2.24) is 4.98 Å². The van der Waals surface area contributed by atoms with Gasteiger partial charge in [0.1, 0.15) is 0 Å². The number of para-hydroxylation sites is 1. The Bertz CT molecular complexity index is 666. The summed E-state index contributed by atoms with van der Waals surface area (Å²) in [6, 6.07) is 11.0. The van der Waals surface area contributed by atoms with Gasteiger partial charge in [-0.15, -0.1) is 0 Å². The van der Waals surface area contributed by atoms with Gasteiger partial charge in [0.05, 0.1) is 11.7 Å². The first kappa shape index (κ1) is 12.2. The van der Waals surface area contributed by atoms with Gasteiger partial charge in [0.25, 0.3) is 0 Å². The topological polar surface area (TPSA) is 24.9 Å². The second-order valence-corrected chi connectivity index (χ2v) is 6.32. The molecule has 0 saturated carbocycles. The third-order valence-electron chi connectivity index (χ3n) is 4.39. The van der Waals surface area contributed by atoms with Gasteiger partial charge >= 0.3 is 0 Å². The van der Waals surface area contributed by atoms with Gasteiger partial charge in [-0.25, -0.2) is 0 Å². The third kappa shape index (κ3) is 1.80. The second kappa shape index (κ2) is 4.74. The summed E-state index contributed by atoms with van der Waals surface area (Å²) in [4.78, 5) is 4.28. The largest absolute Gasteiger partial charge is 0.377 e. The molecule has 2 aromatic rings. The Labute approximate surface area is 127 Å². The highest BCUT2D eigenvalue weighted by Crippen LogP contribution is 2.51. The van der Waals surface area contributed by atoms with Crippen LogP contribution in [0, 0.1) is 5.92 Å². The van der Waals surface area contributed by atoms with E-state index in [1.165, 1.54) is 16.8 Å². The molecule has 1 aromatic carbocycles. The average Bonchev–Trinajstić information content (AvgIpc) is 2.97. The molecule has 4 rings (SSSR count). The van der Waals surface area contributed by atoms with Crippen LogP contribution >= 0.6 is 15.9 Å². The number of benzene rings is 1. The van der Waals surface area contributed by atoms with E-state index in [-0.39, 0.29) is 0 Å². The fraction of sp³-hybridized carbons (Fsp3) is 0.235. The van der Waals surface area contributed by atoms with Crippen LogP contribution in [0.3, 0.4) is 0 Å². The van der Waals surface area contributed by atoms with Gasteiger partial charge in [-0.1, -0.05) is 30.4 Å². The smallest absolute Gasteiger partial charge is 0.0569 e. The van der Waals surface area contributed by atoms with E-state index in [4.69, 9.17) is 0 Å². The second-order valence-electron chi connectivity index (χ2n) is 5.47. The number of anilines is 1.